The van der Waals surface area contributed by atoms with Gasteiger partial charge in [-0.1, -0.05) is 18.2 Å². The summed E-state index contributed by atoms with van der Waals surface area (Å²) in [4.78, 5) is 27.3. The fourth-order valence-corrected chi connectivity index (χ4v) is 7.03. The predicted molar refractivity (Wildman–Crippen MR) is 131 cm³/mol. The van der Waals surface area contributed by atoms with Gasteiger partial charge in [0, 0.05) is 62.8 Å². The third kappa shape index (κ3) is 3.54. The molecule has 6 rings (SSSR count). The Morgan fingerprint density at radius 3 is 2.74 bits per heavy atom. The van der Waals surface area contributed by atoms with Gasteiger partial charge < -0.3 is 25.2 Å². The Balaban J connectivity index is 1.28. The lowest BCUT2D eigenvalue weighted by Crippen LogP contribution is -2.57. The minimum atomic E-state index is -1.06. The molecular weight excluding hydrogens is 452 g/mol. The van der Waals surface area contributed by atoms with Crippen molar-refractivity contribution in [2.75, 3.05) is 54.6 Å². The zero-order valence-electron chi connectivity index (χ0n) is 19.4. The van der Waals surface area contributed by atoms with Crippen molar-refractivity contribution >= 4 is 34.3 Å². The third-order valence-corrected chi connectivity index (χ3v) is 9.19. The zero-order valence-corrected chi connectivity index (χ0v) is 20.2. The van der Waals surface area contributed by atoms with Crippen molar-refractivity contribution in [3.63, 3.8) is 0 Å². The van der Waals surface area contributed by atoms with Crippen LogP contribution in [0.4, 0.5) is 22.2 Å². The number of rotatable bonds is 3. The number of ether oxygens (including phenoxy) is 1. The number of nitrogens with zero attached hydrogens (tertiary/aromatic N) is 4. The molecule has 1 aromatic heterocycles. The Kier molecular flexibility index (Phi) is 5.44. The zero-order chi connectivity index (χ0) is 23.3. The Morgan fingerprint density at radius 2 is 1.94 bits per heavy atom. The van der Waals surface area contributed by atoms with Crippen LogP contribution in [0, 0.1) is 0 Å². The molecule has 10 heteroatoms. The molecule has 9 nitrogen and oxygen atoms in total. The van der Waals surface area contributed by atoms with E-state index in [0.29, 0.717) is 18.1 Å². The van der Waals surface area contributed by atoms with Crippen molar-refractivity contribution in [1.29, 1.82) is 0 Å². The molecule has 34 heavy (non-hydrogen) atoms. The van der Waals surface area contributed by atoms with Crippen molar-refractivity contribution in [2.45, 2.75) is 48.6 Å². The van der Waals surface area contributed by atoms with E-state index >= 15 is 0 Å². The van der Waals surface area contributed by atoms with E-state index in [9.17, 15) is 9.00 Å². The lowest BCUT2D eigenvalue weighted by atomic mass is 9.77. The van der Waals surface area contributed by atoms with E-state index in [-0.39, 0.29) is 17.6 Å². The number of carbonyl (C=O) groups is 1. The number of hydrogen-bond acceptors (Lipinski definition) is 7. The molecule has 1 atom stereocenters. The highest BCUT2D eigenvalue weighted by Crippen LogP contribution is 2.45. The first-order valence-corrected chi connectivity index (χ1v) is 13.4. The first-order chi connectivity index (χ1) is 16.5. The van der Waals surface area contributed by atoms with E-state index < -0.39 is 10.8 Å². The lowest BCUT2D eigenvalue weighted by molar-refractivity contribution is 0.0903. The molecule has 0 bridgehead atoms. The highest BCUT2D eigenvalue weighted by Gasteiger charge is 2.46. The first kappa shape index (κ1) is 21.8. The Labute approximate surface area is 201 Å². The number of aromatic nitrogens is 2. The summed E-state index contributed by atoms with van der Waals surface area (Å²) in [5.41, 5.74) is 2.64. The second-order valence-corrected chi connectivity index (χ2v) is 11.0. The second-order valence-electron chi connectivity index (χ2n) is 9.53. The highest BCUT2D eigenvalue weighted by atomic mass is 32.2. The smallest absolute Gasteiger partial charge is 0.322 e. The summed E-state index contributed by atoms with van der Waals surface area (Å²) in [7, 11) is 0.829. The molecule has 2 aromatic rings. The summed E-state index contributed by atoms with van der Waals surface area (Å²) in [6, 6.07) is 8.31. The van der Waals surface area contributed by atoms with E-state index in [1.54, 1.807) is 0 Å². The van der Waals surface area contributed by atoms with Gasteiger partial charge in [-0.05, 0) is 31.7 Å². The number of amides is 2. The fraction of sp³-hybridized carbons (Fsp3) is 0.542. The van der Waals surface area contributed by atoms with Crippen molar-refractivity contribution < 1.29 is 13.7 Å². The third-order valence-electron chi connectivity index (χ3n) is 7.73. The number of fused-ring (bicyclic) bond motifs is 3. The van der Waals surface area contributed by atoms with Crippen LogP contribution in [-0.2, 0) is 27.5 Å². The molecule has 0 radical (unpaired) electrons. The van der Waals surface area contributed by atoms with Crippen LogP contribution in [0.3, 0.4) is 0 Å². The second kappa shape index (κ2) is 8.49. The van der Waals surface area contributed by atoms with E-state index in [1.807, 2.05) is 30.1 Å². The van der Waals surface area contributed by atoms with E-state index in [1.165, 1.54) is 5.56 Å². The summed E-state index contributed by atoms with van der Waals surface area (Å²) in [6.45, 7) is 2.95. The van der Waals surface area contributed by atoms with Crippen LogP contribution in [-0.4, -0.2) is 70.3 Å². The van der Waals surface area contributed by atoms with Crippen molar-refractivity contribution in [1.82, 2.24) is 14.9 Å². The SMILES string of the molecule is CN1C(=O)Nc2ccccc2C12CCN(c1nc3c(c(NC4CCOCC4)n1)S(=O)CC3)CC2. The Morgan fingerprint density at radius 1 is 1.18 bits per heavy atom. The van der Waals surface area contributed by atoms with Gasteiger partial charge >= 0.3 is 6.03 Å². The number of nitrogens with one attached hydrogen (secondary N) is 2. The van der Waals surface area contributed by atoms with Gasteiger partial charge in [0.1, 0.15) is 10.7 Å². The maximum atomic E-state index is 12.7. The van der Waals surface area contributed by atoms with Crippen LogP contribution in [0.25, 0.3) is 0 Å². The van der Waals surface area contributed by atoms with E-state index in [0.717, 1.165) is 74.1 Å². The van der Waals surface area contributed by atoms with Crippen LogP contribution in [0.1, 0.15) is 36.9 Å². The Bertz CT molecular complexity index is 1140. The van der Waals surface area contributed by atoms with Gasteiger partial charge in [-0.25, -0.2) is 9.78 Å². The molecule has 1 aromatic carbocycles. The summed E-state index contributed by atoms with van der Waals surface area (Å²) in [5, 5.41) is 6.57. The molecule has 5 heterocycles. The number of carbonyl (C=O) groups excluding carboxylic acids is 1. The highest BCUT2D eigenvalue weighted by molar-refractivity contribution is 7.85. The molecule has 2 N–H and O–H groups in total. The van der Waals surface area contributed by atoms with Gasteiger partial charge in [0.2, 0.25) is 5.95 Å². The maximum Gasteiger partial charge on any atom is 0.322 e. The molecule has 4 aliphatic heterocycles. The first-order valence-electron chi connectivity index (χ1n) is 12.1. The lowest BCUT2D eigenvalue weighted by Gasteiger charge is -2.50. The average Bonchev–Trinajstić information content (AvgIpc) is 3.25. The predicted octanol–water partition coefficient (Wildman–Crippen LogP) is 2.70. The molecule has 2 saturated heterocycles. The molecule has 2 amide bonds. The number of urea groups is 1. The minimum Gasteiger partial charge on any atom is -0.381 e. The van der Waals surface area contributed by atoms with Crippen LogP contribution in [0.15, 0.2) is 29.2 Å². The standard InChI is InChI=1S/C24H30N6O3S/c1-29-23(31)27-18-5-3-2-4-17(18)24(29)9-11-30(12-10-24)22-26-19-8-15-34(32)20(19)21(28-22)25-16-6-13-33-14-7-16/h2-5,16H,6-15H2,1H3,(H,27,31)(H,25,26,28). The van der Waals surface area contributed by atoms with Crippen LogP contribution in [0.2, 0.25) is 0 Å². The van der Waals surface area contributed by atoms with E-state index in [4.69, 9.17) is 14.7 Å². The number of anilines is 3. The van der Waals surface area contributed by atoms with Gasteiger partial charge in [-0.3, -0.25) is 4.21 Å². The van der Waals surface area contributed by atoms with Crippen LogP contribution < -0.4 is 15.5 Å². The summed E-state index contributed by atoms with van der Waals surface area (Å²) < 4.78 is 18.2. The molecular formula is C24H30N6O3S. The Hall–Kier alpha value is -2.72. The summed E-state index contributed by atoms with van der Waals surface area (Å²) in [6.07, 6.45) is 4.14. The van der Waals surface area contributed by atoms with Crippen LogP contribution in [0.5, 0.6) is 0 Å². The van der Waals surface area contributed by atoms with Crippen molar-refractivity contribution in [2.24, 2.45) is 0 Å². The topological polar surface area (TPSA) is 99.7 Å². The van der Waals surface area contributed by atoms with Gasteiger partial charge in [-0.15, -0.1) is 0 Å². The quantitative estimate of drug-likeness (QED) is 0.694. The monoisotopic (exact) mass is 482 g/mol. The minimum absolute atomic E-state index is 0.0636. The van der Waals surface area contributed by atoms with Gasteiger partial charge in [0.05, 0.1) is 22.0 Å². The van der Waals surface area contributed by atoms with Crippen LogP contribution >= 0.6 is 0 Å². The van der Waals surface area contributed by atoms with Gasteiger partial charge in [-0.2, -0.15) is 4.98 Å². The normalized spacial score (nSPS) is 24.0. The number of aryl methyl sites for hydroxylation is 1. The molecule has 0 aliphatic carbocycles. The van der Waals surface area contributed by atoms with Gasteiger partial charge in [0.15, 0.2) is 0 Å². The maximum absolute atomic E-state index is 12.7. The largest absolute Gasteiger partial charge is 0.381 e. The molecule has 1 unspecified atom stereocenters. The number of benzene rings is 1. The van der Waals surface area contributed by atoms with Crippen molar-refractivity contribution in [3.05, 3.63) is 35.5 Å². The average molecular weight is 483 g/mol. The van der Waals surface area contributed by atoms with E-state index in [2.05, 4.69) is 21.6 Å². The number of piperidine rings is 1. The van der Waals surface area contributed by atoms with Gasteiger partial charge in [0.25, 0.3) is 0 Å². The summed E-state index contributed by atoms with van der Waals surface area (Å²) >= 11 is 0. The molecule has 4 aliphatic rings. The summed E-state index contributed by atoms with van der Waals surface area (Å²) in [5.74, 6) is 2.02. The molecule has 180 valence electrons. The molecule has 1 spiro atoms. The number of hydrogen-bond donors (Lipinski definition) is 2. The fourth-order valence-electron chi connectivity index (χ4n) is 5.71. The molecule has 0 saturated carbocycles. The molecule has 2 fully saturated rings. The van der Waals surface area contributed by atoms with Crippen molar-refractivity contribution in [3.8, 4) is 0 Å². The number of para-hydroxylation sites is 1.